The molecule has 1 aromatic rings. The number of carbonyl (C=O) groups is 2. The Morgan fingerprint density at radius 1 is 1.45 bits per heavy atom. The molecule has 110 valence electrons. The number of nitrogens with one attached hydrogen (secondary N) is 1. The predicted octanol–water partition coefficient (Wildman–Crippen LogP) is 1.29. The molecule has 0 unspecified atom stereocenters. The maximum Gasteiger partial charge on any atom is 0.320 e. The number of para-hydroxylation sites is 1. The highest BCUT2D eigenvalue weighted by molar-refractivity contribution is 5.73. The average Bonchev–Trinajstić information content (AvgIpc) is 3.02. The number of anilines is 1. The highest BCUT2D eigenvalue weighted by atomic mass is 16.5. The molecule has 0 amide bonds. The third-order valence-electron chi connectivity index (χ3n) is 2.96. The van der Waals surface area contributed by atoms with Gasteiger partial charge in [0.15, 0.2) is 0 Å². The first-order chi connectivity index (χ1) is 9.56. The monoisotopic (exact) mass is 280 g/mol. The Bertz CT molecular complexity index is 418. The highest BCUT2D eigenvalue weighted by Gasteiger charge is 2.20. The van der Waals surface area contributed by atoms with Crippen molar-refractivity contribution in [2.45, 2.75) is 31.8 Å². The van der Waals surface area contributed by atoms with Crippen LogP contribution in [-0.2, 0) is 9.59 Å². The number of aldehydes is 1. The van der Waals surface area contributed by atoms with Crippen LogP contribution in [0.3, 0.4) is 0 Å². The van der Waals surface area contributed by atoms with E-state index in [1.807, 2.05) is 6.07 Å². The van der Waals surface area contributed by atoms with Crippen LogP contribution in [0.15, 0.2) is 30.3 Å². The molecule has 20 heavy (non-hydrogen) atoms. The zero-order chi connectivity index (χ0) is 15.0. The third-order valence-corrected chi connectivity index (χ3v) is 2.96. The van der Waals surface area contributed by atoms with E-state index < -0.39 is 12.0 Å². The van der Waals surface area contributed by atoms with E-state index in [2.05, 4.69) is 5.32 Å². The van der Waals surface area contributed by atoms with E-state index in [-0.39, 0.29) is 6.04 Å². The lowest BCUT2D eigenvalue weighted by Gasteiger charge is -2.19. The predicted molar refractivity (Wildman–Crippen MR) is 74.9 cm³/mol. The van der Waals surface area contributed by atoms with E-state index in [1.54, 1.807) is 31.2 Å². The standard InChI is InChI=1S/C9H11NO2.C5H9NO2/c1-8(7-11)10(12)9-5-3-2-4-6-9;7-5(8)4-2-1-3-6-4/h2-8,12H,1H3;4,6H,1-3H2,(H,7,8)/t8-;4-/m00/s1. The van der Waals surface area contributed by atoms with Gasteiger partial charge in [-0.1, -0.05) is 18.2 Å². The lowest BCUT2D eigenvalue weighted by Crippen LogP contribution is -2.30. The van der Waals surface area contributed by atoms with E-state index in [4.69, 9.17) is 5.11 Å². The van der Waals surface area contributed by atoms with Crippen molar-refractivity contribution in [3.05, 3.63) is 30.3 Å². The summed E-state index contributed by atoms with van der Waals surface area (Å²) in [4.78, 5) is 20.5. The molecule has 1 aromatic carbocycles. The summed E-state index contributed by atoms with van der Waals surface area (Å²) < 4.78 is 0. The molecular formula is C14H20N2O4. The van der Waals surface area contributed by atoms with Gasteiger partial charge in [0.05, 0.1) is 5.69 Å². The van der Waals surface area contributed by atoms with E-state index in [0.29, 0.717) is 12.0 Å². The molecule has 6 heteroatoms. The first kappa shape index (κ1) is 16.1. The van der Waals surface area contributed by atoms with Crippen molar-refractivity contribution in [3.63, 3.8) is 0 Å². The number of rotatable bonds is 4. The molecule has 3 N–H and O–H groups in total. The van der Waals surface area contributed by atoms with Crippen molar-refractivity contribution >= 4 is 17.9 Å². The molecule has 0 bridgehead atoms. The second-order valence-electron chi connectivity index (χ2n) is 4.54. The zero-order valence-corrected chi connectivity index (χ0v) is 11.4. The summed E-state index contributed by atoms with van der Waals surface area (Å²) in [6.45, 7) is 2.48. The molecule has 2 rings (SSSR count). The number of hydrogen-bond donors (Lipinski definition) is 3. The van der Waals surface area contributed by atoms with Crippen LogP contribution in [0.2, 0.25) is 0 Å². The van der Waals surface area contributed by atoms with Crippen LogP contribution in [0, 0.1) is 0 Å². The lowest BCUT2D eigenvalue weighted by molar-refractivity contribution is -0.139. The lowest BCUT2D eigenvalue weighted by atomic mass is 10.2. The van der Waals surface area contributed by atoms with Gasteiger partial charge in [-0.25, -0.2) is 5.06 Å². The molecule has 1 aliphatic rings. The van der Waals surface area contributed by atoms with Gasteiger partial charge in [-0.05, 0) is 38.4 Å². The van der Waals surface area contributed by atoms with Crippen LogP contribution in [0.1, 0.15) is 19.8 Å². The molecular weight excluding hydrogens is 260 g/mol. The summed E-state index contributed by atoms with van der Waals surface area (Å²) in [6, 6.07) is 8.15. The van der Waals surface area contributed by atoms with E-state index in [1.165, 1.54) is 0 Å². The van der Waals surface area contributed by atoms with Crippen LogP contribution in [0.4, 0.5) is 5.69 Å². The highest BCUT2D eigenvalue weighted by Crippen LogP contribution is 2.12. The minimum atomic E-state index is -0.720. The van der Waals surface area contributed by atoms with Crippen molar-refractivity contribution in [2.24, 2.45) is 0 Å². The molecule has 1 heterocycles. The van der Waals surface area contributed by atoms with Gasteiger partial charge >= 0.3 is 5.97 Å². The molecule has 0 spiro atoms. The minimum Gasteiger partial charge on any atom is -0.480 e. The van der Waals surface area contributed by atoms with Gasteiger partial charge in [0.1, 0.15) is 18.4 Å². The topological polar surface area (TPSA) is 89.9 Å². The molecule has 1 fully saturated rings. The van der Waals surface area contributed by atoms with Crippen LogP contribution in [0.5, 0.6) is 0 Å². The van der Waals surface area contributed by atoms with Crippen LogP contribution < -0.4 is 10.4 Å². The summed E-state index contributed by atoms with van der Waals surface area (Å²) in [5.74, 6) is -0.720. The number of benzene rings is 1. The van der Waals surface area contributed by atoms with Crippen molar-refractivity contribution in [2.75, 3.05) is 11.6 Å². The average molecular weight is 280 g/mol. The number of carboxylic acids is 1. The number of carbonyl (C=O) groups excluding carboxylic acids is 1. The van der Waals surface area contributed by atoms with Crippen molar-refractivity contribution < 1.29 is 19.9 Å². The summed E-state index contributed by atoms with van der Waals surface area (Å²) in [6.07, 6.45) is 2.47. The number of hydroxylamine groups is 1. The molecule has 2 atom stereocenters. The molecule has 0 radical (unpaired) electrons. The SMILES string of the molecule is C[C@@H](C=O)N(O)c1ccccc1.O=C(O)[C@@H]1CCCN1. The second-order valence-corrected chi connectivity index (χ2v) is 4.54. The van der Waals surface area contributed by atoms with Gasteiger partial charge in [0.25, 0.3) is 0 Å². The molecule has 0 aliphatic carbocycles. The minimum absolute atomic E-state index is 0.269. The molecule has 0 aromatic heterocycles. The summed E-state index contributed by atoms with van der Waals surface area (Å²) >= 11 is 0. The zero-order valence-electron chi connectivity index (χ0n) is 11.4. The third kappa shape index (κ3) is 4.99. The Kier molecular flexibility index (Phi) is 6.69. The Labute approximate surface area is 118 Å². The smallest absolute Gasteiger partial charge is 0.320 e. The fourth-order valence-corrected chi connectivity index (χ4v) is 1.77. The van der Waals surface area contributed by atoms with Crippen LogP contribution in [-0.4, -0.2) is 41.2 Å². The van der Waals surface area contributed by atoms with E-state index >= 15 is 0 Å². The van der Waals surface area contributed by atoms with Gasteiger partial charge < -0.3 is 15.2 Å². The normalized spacial score (nSPS) is 18.6. The van der Waals surface area contributed by atoms with Gasteiger partial charge in [-0.2, -0.15) is 0 Å². The number of aliphatic carboxylic acids is 1. The molecule has 6 nitrogen and oxygen atoms in total. The molecule has 0 saturated carbocycles. The summed E-state index contributed by atoms with van der Waals surface area (Å²) in [7, 11) is 0. The fourth-order valence-electron chi connectivity index (χ4n) is 1.77. The quantitative estimate of drug-likeness (QED) is 0.569. The maximum absolute atomic E-state index is 10.3. The van der Waals surface area contributed by atoms with Gasteiger partial charge in [0, 0.05) is 0 Å². The second kappa shape index (κ2) is 8.29. The van der Waals surface area contributed by atoms with Crippen LogP contribution >= 0.6 is 0 Å². The fraction of sp³-hybridized carbons (Fsp3) is 0.429. The number of nitrogens with zero attached hydrogens (tertiary/aromatic N) is 1. The van der Waals surface area contributed by atoms with E-state index in [0.717, 1.165) is 24.4 Å². The Hall–Kier alpha value is -1.92. The summed E-state index contributed by atoms with van der Waals surface area (Å²) in [5.41, 5.74) is 0.622. The van der Waals surface area contributed by atoms with Gasteiger partial charge in [-0.15, -0.1) is 0 Å². The van der Waals surface area contributed by atoms with Crippen molar-refractivity contribution in [3.8, 4) is 0 Å². The Balaban J connectivity index is 0.000000217. The Morgan fingerprint density at radius 3 is 2.50 bits per heavy atom. The van der Waals surface area contributed by atoms with Crippen LogP contribution in [0.25, 0.3) is 0 Å². The van der Waals surface area contributed by atoms with Crippen molar-refractivity contribution in [1.29, 1.82) is 0 Å². The number of carboxylic acid groups (broad SMARTS) is 1. The number of hydrogen-bond acceptors (Lipinski definition) is 5. The van der Waals surface area contributed by atoms with Crippen molar-refractivity contribution in [1.82, 2.24) is 5.32 Å². The first-order valence-corrected chi connectivity index (χ1v) is 6.51. The van der Waals surface area contributed by atoms with Gasteiger partial charge in [0.2, 0.25) is 0 Å². The summed E-state index contributed by atoms with van der Waals surface area (Å²) in [5, 5.41) is 21.5. The molecule has 1 aliphatic heterocycles. The van der Waals surface area contributed by atoms with Gasteiger partial charge in [-0.3, -0.25) is 10.0 Å². The largest absolute Gasteiger partial charge is 0.480 e. The first-order valence-electron chi connectivity index (χ1n) is 6.51. The maximum atomic E-state index is 10.3. The Morgan fingerprint density at radius 2 is 2.10 bits per heavy atom. The molecule has 1 saturated heterocycles. The van der Waals surface area contributed by atoms with E-state index in [9.17, 15) is 14.8 Å².